The lowest BCUT2D eigenvalue weighted by Crippen LogP contribution is -2.04. The van der Waals surface area contributed by atoms with E-state index in [0.29, 0.717) is 6.54 Å². The van der Waals surface area contributed by atoms with E-state index in [1.807, 2.05) is 13.8 Å². The van der Waals surface area contributed by atoms with Gasteiger partial charge in [-0.2, -0.15) is 0 Å². The zero-order valence-electron chi connectivity index (χ0n) is 11.9. The molecule has 0 amide bonds. The molecule has 0 atom stereocenters. The van der Waals surface area contributed by atoms with Crippen molar-refractivity contribution in [3.05, 3.63) is 52.3 Å². The second-order valence-corrected chi connectivity index (χ2v) is 5.98. The maximum Gasteiger partial charge on any atom is 0.0432 e. The largest absolute Gasteiger partial charge is 0.326 e. The lowest BCUT2D eigenvalue weighted by Gasteiger charge is -2.13. The van der Waals surface area contributed by atoms with E-state index >= 15 is 0 Å². The first-order valence-corrected chi connectivity index (χ1v) is 7.25. The van der Waals surface area contributed by atoms with Crippen molar-refractivity contribution in [1.29, 1.82) is 0 Å². The SMILES string of the molecule is Cc1ccc(C)c(Sc2cc(C)nc(C)c2CN)c1. The van der Waals surface area contributed by atoms with Crippen molar-refractivity contribution in [2.75, 3.05) is 0 Å². The first-order valence-electron chi connectivity index (χ1n) is 6.43. The normalized spacial score (nSPS) is 10.8. The molecule has 2 rings (SSSR count). The summed E-state index contributed by atoms with van der Waals surface area (Å²) in [5.41, 5.74) is 11.7. The lowest BCUT2D eigenvalue weighted by molar-refractivity contribution is 0.944. The van der Waals surface area contributed by atoms with E-state index in [1.54, 1.807) is 11.8 Å². The third-order valence-electron chi connectivity index (χ3n) is 3.19. The van der Waals surface area contributed by atoms with Crippen molar-refractivity contribution < 1.29 is 0 Å². The standard InChI is InChI=1S/C16H20N2S/c1-10-5-6-11(2)15(7-10)19-16-8-12(3)18-13(4)14(16)9-17/h5-8H,9,17H2,1-4H3. The first-order chi connectivity index (χ1) is 9.01. The van der Waals surface area contributed by atoms with Gasteiger partial charge in [-0.25, -0.2) is 0 Å². The van der Waals surface area contributed by atoms with Crippen LogP contribution in [0.4, 0.5) is 0 Å². The minimum atomic E-state index is 0.534. The molecule has 0 fully saturated rings. The summed E-state index contributed by atoms with van der Waals surface area (Å²) < 4.78 is 0. The van der Waals surface area contributed by atoms with Gasteiger partial charge in [-0.05, 0) is 51.0 Å². The monoisotopic (exact) mass is 272 g/mol. The number of aromatic nitrogens is 1. The van der Waals surface area contributed by atoms with Crippen LogP contribution in [-0.2, 0) is 6.54 Å². The van der Waals surface area contributed by atoms with Gasteiger partial charge in [0.25, 0.3) is 0 Å². The molecule has 0 aliphatic heterocycles. The highest BCUT2D eigenvalue weighted by Gasteiger charge is 2.10. The fraction of sp³-hybridized carbons (Fsp3) is 0.312. The molecule has 0 saturated carbocycles. The smallest absolute Gasteiger partial charge is 0.0432 e. The molecular formula is C16H20N2S. The Bertz CT molecular complexity index is 606. The number of benzene rings is 1. The fourth-order valence-electron chi connectivity index (χ4n) is 2.09. The second-order valence-electron chi connectivity index (χ2n) is 4.90. The van der Waals surface area contributed by atoms with Gasteiger partial charge in [-0.3, -0.25) is 4.98 Å². The predicted molar refractivity (Wildman–Crippen MR) is 81.6 cm³/mol. The summed E-state index contributed by atoms with van der Waals surface area (Å²) in [6.07, 6.45) is 0. The van der Waals surface area contributed by atoms with E-state index in [4.69, 9.17) is 5.73 Å². The second kappa shape index (κ2) is 5.76. The van der Waals surface area contributed by atoms with Gasteiger partial charge in [-0.15, -0.1) is 0 Å². The maximum atomic E-state index is 5.87. The van der Waals surface area contributed by atoms with Gasteiger partial charge in [0.15, 0.2) is 0 Å². The molecule has 2 nitrogen and oxygen atoms in total. The summed E-state index contributed by atoms with van der Waals surface area (Å²) in [7, 11) is 0. The van der Waals surface area contributed by atoms with E-state index in [1.165, 1.54) is 20.9 Å². The van der Waals surface area contributed by atoms with Crippen LogP contribution in [0.25, 0.3) is 0 Å². The van der Waals surface area contributed by atoms with E-state index in [0.717, 1.165) is 17.0 Å². The van der Waals surface area contributed by atoms with E-state index in [-0.39, 0.29) is 0 Å². The molecule has 100 valence electrons. The van der Waals surface area contributed by atoms with Gasteiger partial charge in [0, 0.05) is 33.3 Å². The zero-order chi connectivity index (χ0) is 14.0. The predicted octanol–water partition coefficient (Wildman–Crippen LogP) is 3.93. The average molecular weight is 272 g/mol. The molecule has 19 heavy (non-hydrogen) atoms. The van der Waals surface area contributed by atoms with Crippen LogP contribution in [0.1, 0.15) is 28.1 Å². The summed E-state index contributed by atoms with van der Waals surface area (Å²) in [6, 6.07) is 8.67. The molecule has 2 aromatic rings. The van der Waals surface area contributed by atoms with E-state index in [9.17, 15) is 0 Å². The summed E-state index contributed by atoms with van der Waals surface area (Å²) in [6.45, 7) is 8.86. The zero-order valence-corrected chi connectivity index (χ0v) is 12.8. The van der Waals surface area contributed by atoms with Crippen LogP contribution in [0.2, 0.25) is 0 Å². The highest BCUT2D eigenvalue weighted by atomic mass is 32.2. The van der Waals surface area contributed by atoms with Crippen molar-refractivity contribution in [1.82, 2.24) is 4.98 Å². The van der Waals surface area contributed by atoms with Crippen molar-refractivity contribution in [3.8, 4) is 0 Å². The van der Waals surface area contributed by atoms with Gasteiger partial charge in [-0.1, -0.05) is 23.9 Å². The number of nitrogens with zero attached hydrogens (tertiary/aromatic N) is 1. The summed E-state index contributed by atoms with van der Waals surface area (Å²) in [5, 5.41) is 0. The van der Waals surface area contributed by atoms with Gasteiger partial charge in [0.2, 0.25) is 0 Å². The van der Waals surface area contributed by atoms with Gasteiger partial charge in [0.05, 0.1) is 0 Å². The molecule has 0 bridgehead atoms. The van der Waals surface area contributed by atoms with Crippen LogP contribution in [0, 0.1) is 27.7 Å². The number of hydrogen-bond acceptors (Lipinski definition) is 3. The van der Waals surface area contributed by atoms with Crippen LogP contribution < -0.4 is 5.73 Å². The molecule has 0 unspecified atom stereocenters. The third kappa shape index (κ3) is 3.17. The maximum absolute atomic E-state index is 5.87. The van der Waals surface area contributed by atoms with Crippen LogP contribution in [0.3, 0.4) is 0 Å². The number of nitrogens with two attached hydrogens (primary N) is 1. The topological polar surface area (TPSA) is 38.9 Å². The Kier molecular flexibility index (Phi) is 4.27. The molecule has 0 saturated heterocycles. The minimum Gasteiger partial charge on any atom is -0.326 e. The van der Waals surface area contributed by atoms with Crippen molar-refractivity contribution in [3.63, 3.8) is 0 Å². The molecule has 0 radical (unpaired) electrons. The Morgan fingerprint density at radius 1 is 1.05 bits per heavy atom. The Labute approximate surface area is 119 Å². The number of pyridine rings is 1. The Hall–Kier alpha value is -1.32. The van der Waals surface area contributed by atoms with Gasteiger partial charge >= 0.3 is 0 Å². The number of hydrogen-bond donors (Lipinski definition) is 1. The van der Waals surface area contributed by atoms with Crippen LogP contribution in [0.15, 0.2) is 34.1 Å². The quantitative estimate of drug-likeness (QED) is 0.920. The van der Waals surface area contributed by atoms with Crippen LogP contribution in [-0.4, -0.2) is 4.98 Å². The molecule has 1 aromatic heterocycles. The van der Waals surface area contributed by atoms with Crippen molar-refractivity contribution in [2.45, 2.75) is 44.0 Å². The van der Waals surface area contributed by atoms with Crippen LogP contribution in [0.5, 0.6) is 0 Å². The van der Waals surface area contributed by atoms with Gasteiger partial charge in [0.1, 0.15) is 0 Å². The fourth-order valence-corrected chi connectivity index (χ4v) is 3.39. The molecule has 2 N–H and O–H groups in total. The molecule has 3 heteroatoms. The highest BCUT2D eigenvalue weighted by Crippen LogP contribution is 2.34. The molecule has 1 heterocycles. The Morgan fingerprint density at radius 3 is 2.47 bits per heavy atom. The number of rotatable bonds is 3. The number of aryl methyl sites for hydroxylation is 4. The Morgan fingerprint density at radius 2 is 1.79 bits per heavy atom. The van der Waals surface area contributed by atoms with Crippen LogP contribution >= 0.6 is 11.8 Å². The summed E-state index contributed by atoms with van der Waals surface area (Å²) >= 11 is 1.79. The molecule has 0 aliphatic rings. The molecule has 0 spiro atoms. The van der Waals surface area contributed by atoms with Gasteiger partial charge < -0.3 is 5.73 Å². The molecular weight excluding hydrogens is 252 g/mol. The van der Waals surface area contributed by atoms with Crippen molar-refractivity contribution >= 4 is 11.8 Å². The Balaban J connectivity index is 2.45. The molecule has 0 aliphatic carbocycles. The highest BCUT2D eigenvalue weighted by molar-refractivity contribution is 7.99. The summed E-state index contributed by atoms with van der Waals surface area (Å²) in [5.74, 6) is 0. The van der Waals surface area contributed by atoms with E-state index in [2.05, 4.69) is 43.1 Å². The molecule has 1 aromatic carbocycles. The third-order valence-corrected chi connectivity index (χ3v) is 4.43. The summed E-state index contributed by atoms with van der Waals surface area (Å²) in [4.78, 5) is 7.01. The lowest BCUT2D eigenvalue weighted by atomic mass is 10.2. The minimum absolute atomic E-state index is 0.534. The average Bonchev–Trinajstić information content (AvgIpc) is 2.33. The van der Waals surface area contributed by atoms with E-state index < -0.39 is 0 Å². The van der Waals surface area contributed by atoms with Crippen molar-refractivity contribution in [2.24, 2.45) is 5.73 Å². The first kappa shape index (κ1) is 14.1.